The number of carbonyl (C=O) groups is 1. The zero-order valence-corrected chi connectivity index (χ0v) is 11.0. The lowest BCUT2D eigenvalue weighted by Crippen LogP contribution is -2.36. The second-order valence-electron chi connectivity index (χ2n) is 4.23. The van der Waals surface area contributed by atoms with Gasteiger partial charge in [0.2, 0.25) is 5.89 Å². The predicted molar refractivity (Wildman–Crippen MR) is 69.2 cm³/mol. The molecule has 0 fully saturated rings. The van der Waals surface area contributed by atoms with Crippen molar-refractivity contribution in [3.63, 3.8) is 0 Å². The van der Waals surface area contributed by atoms with Gasteiger partial charge in [-0.05, 0) is 5.56 Å². The molecule has 100 valence electrons. The quantitative estimate of drug-likeness (QED) is 0.908. The van der Waals surface area contributed by atoms with Crippen LogP contribution in [-0.4, -0.2) is 28.1 Å². The maximum absolute atomic E-state index is 11.9. The summed E-state index contributed by atoms with van der Waals surface area (Å²) in [6.45, 7) is 2.53. The molecular formula is C13H16N4O2. The third-order valence-corrected chi connectivity index (χ3v) is 2.58. The van der Waals surface area contributed by atoms with Crippen LogP contribution >= 0.6 is 0 Å². The summed E-state index contributed by atoms with van der Waals surface area (Å²) >= 11 is 0. The molecule has 0 bridgehead atoms. The van der Waals surface area contributed by atoms with Gasteiger partial charge in [-0.1, -0.05) is 35.5 Å². The van der Waals surface area contributed by atoms with Crippen molar-refractivity contribution < 1.29 is 9.32 Å². The van der Waals surface area contributed by atoms with E-state index in [1.54, 1.807) is 14.0 Å². The molecule has 2 aromatic rings. The van der Waals surface area contributed by atoms with Gasteiger partial charge in [-0.2, -0.15) is 4.98 Å². The van der Waals surface area contributed by atoms with Gasteiger partial charge in [0.25, 0.3) is 0 Å². The monoisotopic (exact) mass is 260 g/mol. The molecule has 1 heterocycles. The highest BCUT2D eigenvalue weighted by atomic mass is 16.5. The summed E-state index contributed by atoms with van der Waals surface area (Å²) in [6, 6.07) is 9.56. The van der Waals surface area contributed by atoms with Crippen molar-refractivity contribution >= 4 is 6.03 Å². The Bertz CT molecular complexity index is 539. The first-order valence-corrected chi connectivity index (χ1v) is 5.97. The van der Waals surface area contributed by atoms with Crippen LogP contribution < -0.4 is 5.32 Å². The molecule has 0 saturated carbocycles. The smallest absolute Gasteiger partial charge is 0.317 e. The first kappa shape index (κ1) is 13.1. The number of rotatable bonds is 4. The van der Waals surface area contributed by atoms with E-state index in [0.717, 1.165) is 5.56 Å². The highest BCUT2D eigenvalue weighted by molar-refractivity contribution is 5.73. The Morgan fingerprint density at radius 1 is 1.37 bits per heavy atom. The van der Waals surface area contributed by atoms with E-state index >= 15 is 0 Å². The number of carbonyl (C=O) groups excluding carboxylic acids is 1. The molecular weight excluding hydrogens is 244 g/mol. The number of hydrogen-bond acceptors (Lipinski definition) is 4. The second kappa shape index (κ2) is 5.99. The van der Waals surface area contributed by atoms with E-state index in [1.807, 2.05) is 30.3 Å². The van der Waals surface area contributed by atoms with E-state index in [4.69, 9.17) is 4.52 Å². The number of nitrogens with zero attached hydrogens (tertiary/aromatic N) is 3. The molecule has 0 atom stereocenters. The maximum atomic E-state index is 11.9. The van der Waals surface area contributed by atoms with Gasteiger partial charge in [-0.15, -0.1) is 0 Å². The second-order valence-corrected chi connectivity index (χ2v) is 4.23. The van der Waals surface area contributed by atoms with Gasteiger partial charge in [-0.3, -0.25) is 0 Å². The van der Waals surface area contributed by atoms with Crippen molar-refractivity contribution in [3.8, 4) is 0 Å². The molecule has 0 spiro atoms. The first-order valence-electron chi connectivity index (χ1n) is 5.97. The van der Waals surface area contributed by atoms with Crippen LogP contribution in [0.5, 0.6) is 0 Å². The molecule has 0 radical (unpaired) electrons. The van der Waals surface area contributed by atoms with Crippen LogP contribution in [-0.2, 0) is 13.1 Å². The molecule has 2 amide bonds. The molecule has 0 unspecified atom stereocenters. The minimum Gasteiger partial charge on any atom is -0.340 e. The van der Waals surface area contributed by atoms with Crippen molar-refractivity contribution in [1.29, 1.82) is 0 Å². The summed E-state index contributed by atoms with van der Waals surface area (Å²) in [7, 11) is 1.69. The van der Waals surface area contributed by atoms with E-state index in [1.165, 1.54) is 4.90 Å². The molecule has 6 nitrogen and oxygen atoms in total. The standard InChI is InChI=1S/C13H16N4O2/c1-10-15-12(16-19-10)9-17(2)13(18)14-8-11-6-4-3-5-7-11/h3-7H,8-9H2,1-2H3,(H,14,18). The molecule has 2 rings (SSSR count). The summed E-state index contributed by atoms with van der Waals surface area (Å²) in [6.07, 6.45) is 0. The van der Waals surface area contributed by atoms with E-state index in [0.29, 0.717) is 24.8 Å². The Morgan fingerprint density at radius 2 is 2.11 bits per heavy atom. The minimum atomic E-state index is -0.175. The van der Waals surface area contributed by atoms with E-state index in [9.17, 15) is 4.79 Å². The van der Waals surface area contributed by atoms with Crippen LogP contribution in [0.2, 0.25) is 0 Å². The van der Waals surface area contributed by atoms with Gasteiger partial charge < -0.3 is 14.7 Å². The predicted octanol–water partition coefficient (Wildman–Crippen LogP) is 1.72. The number of benzene rings is 1. The molecule has 1 aromatic carbocycles. The van der Waals surface area contributed by atoms with Crippen molar-refractivity contribution in [2.24, 2.45) is 0 Å². The number of urea groups is 1. The Hall–Kier alpha value is -2.37. The highest BCUT2D eigenvalue weighted by Gasteiger charge is 2.11. The van der Waals surface area contributed by atoms with Crippen LogP contribution in [0.4, 0.5) is 4.79 Å². The highest BCUT2D eigenvalue weighted by Crippen LogP contribution is 2.01. The average molecular weight is 260 g/mol. The zero-order valence-electron chi connectivity index (χ0n) is 11.0. The SMILES string of the molecule is Cc1nc(CN(C)C(=O)NCc2ccccc2)no1. The largest absolute Gasteiger partial charge is 0.340 e. The number of aromatic nitrogens is 2. The fourth-order valence-electron chi connectivity index (χ4n) is 1.60. The Labute approximate surface area is 111 Å². The lowest BCUT2D eigenvalue weighted by atomic mass is 10.2. The molecule has 0 aliphatic rings. The normalized spacial score (nSPS) is 10.2. The molecule has 1 aromatic heterocycles. The topological polar surface area (TPSA) is 71.3 Å². The van der Waals surface area contributed by atoms with Crippen molar-refractivity contribution in [2.75, 3.05) is 7.05 Å². The minimum absolute atomic E-state index is 0.175. The van der Waals surface area contributed by atoms with Crippen molar-refractivity contribution in [3.05, 3.63) is 47.6 Å². The number of amides is 2. The van der Waals surface area contributed by atoms with Crippen LogP contribution in [0.3, 0.4) is 0 Å². The number of hydrogen-bond donors (Lipinski definition) is 1. The Morgan fingerprint density at radius 3 is 2.74 bits per heavy atom. The lowest BCUT2D eigenvalue weighted by molar-refractivity contribution is 0.204. The van der Waals surface area contributed by atoms with Crippen LogP contribution in [0.15, 0.2) is 34.9 Å². The van der Waals surface area contributed by atoms with E-state index in [-0.39, 0.29) is 6.03 Å². The number of aryl methyl sites for hydroxylation is 1. The van der Waals surface area contributed by atoms with Crippen molar-refractivity contribution in [1.82, 2.24) is 20.4 Å². The fourth-order valence-corrected chi connectivity index (χ4v) is 1.60. The Balaban J connectivity index is 1.82. The van der Waals surface area contributed by atoms with Gasteiger partial charge in [0.1, 0.15) is 0 Å². The third-order valence-electron chi connectivity index (χ3n) is 2.58. The van der Waals surface area contributed by atoms with Gasteiger partial charge in [0, 0.05) is 20.5 Å². The summed E-state index contributed by atoms with van der Waals surface area (Å²) in [5, 5.41) is 6.58. The molecule has 0 aliphatic carbocycles. The Kier molecular flexibility index (Phi) is 4.12. The average Bonchev–Trinajstić information content (AvgIpc) is 2.82. The molecule has 6 heteroatoms. The van der Waals surface area contributed by atoms with Crippen LogP contribution in [0.25, 0.3) is 0 Å². The lowest BCUT2D eigenvalue weighted by Gasteiger charge is -2.15. The maximum Gasteiger partial charge on any atom is 0.317 e. The van der Waals surface area contributed by atoms with Gasteiger partial charge in [0.15, 0.2) is 5.82 Å². The molecule has 0 saturated heterocycles. The summed E-state index contributed by atoms with van der Waals surface area (Å²) < 4.78 is 4.85. The van der Waals surface area contributed by atoms with Gasteiger partial charge in [-0.25, -0.2) is 4.79 Å². The van der Waals surface area contributed by atoms with Crippen molar-refractivity contribution in [2.45, 2.75) is 20.0 Å². The fraction of sp³-hybridized carbons (Fsp3) is 0.308. The van der Waals surface area contributed by atoms with Gasteiger partial charge in [0.05, 0.1) is 6.54 Å². The van der Waals surface area contributed by atoms with Crippen LogP contribution in [0, 0.1) is 6.92 Å². The first-order chi connectivity index (χ1) is 9.15. The zero-order chi connectivity index (χ0) is 13.7. The van der Waals surface area contributed by atoms with E-state index < -0.39 is 0 Å². The molecule has 1 N–H and O–H groups in total. The van der Waals surface area contributed by atoms with E-state index in [2.05, 4.69) is 15.5 Å². The van der Waals surface area contributed by atoms with Crippen LogP contribution in [0.1, 0.15) is 17.3 Å². The van der Waals surface area contributed by atoms with Gasteiger partial charge >= 0.3 is 6.03 Å². The number of nitrogens with one attached hydrogen (secondary N) is 1. The third kappa shape index (κ3) is 3.80. The molecule has 0 aliphatic heterocycles. The summed E-state index contributed by atoms with van der Waals surface area (Å²) in [5.41, 5.74) is 1.06. The summed E-state index contributed by atoms with van der Waals surface area (Å²) in [4.78, 5) is 17.4. The molecule has 19 heavy (non-hydrogen) atoms. The summed E-state index contributed by atoms with van der Waals surface area (Å²) in [5.74, 6) is 0.989.